The monoisotopic (exact) mass is 494 g/mol. The summed E-state index contributed by atoms with van der Waals surface area (Å²) < 4.78 is 162. The topological polar surface area (TPSA) is 82.4 Å². The van der Waals surface area contributed by atoms with Crippen LogP contribution in [0.1, 0.15) is 19.3 Å². The molecule has 0 N–H and O–H groups in total. The number of nitrogens with zero attached hydrogens (tertiary/aromatic N) is 2. The van der Waals surface area contributed by atoms with Crippen molar-refractivity contribution in [3.8, 4) is 0 Å². The number of halogens is 10. The van der Waals surface area contributed by atoms with Crippen LogP contribution in [0.15, 0.2) is 0 Å². The van der Waals surface area contributed by atoms with E-state index in [2.05, 4.69) is 14.1 Å². The molecule has 1 heterocycles. The molecule has 176 valence electrons. The molecule has 6 nitrogen and oxygen atoms in total. The van der Waals surface area contributed by atoms with Crippen LogP contribution < -0.4 is 0 Å². The van der Waals surface area contributed by atoms with Gasteiger partial charge in [0.1, 0.15) is 0 Å². The molecule has 1 fully saturated rings. The highest BCUT2D eigenvalue weighted by Gasteiger charge is 2.68. The number of piperidine rings is 1. The van der Waals surface area contributed by atoms with Gasteiger partial charge in [-0.3, -0.25) is 0 Å². The van der Waals surface area contributed by atoms with Crippen LogP contribution in [0.2, 0.25) is 0 Å². The lowest BCUT2D eigenvalue weighted by Crippen LogP contribution is -2.48. The van der Waals surface area contributed by atoms with Gasteiger partial charge in [-0.1, -0.05) is 0 Å². The highest BCUT2D eigenvalue weighted by Crippen LogP contribution is 2.47. The fraction of sp³-hybridized carbons (Fsp3) is 1.00. The van der Waals surface area contributed by atoms with Crippen LogP contribution in [0.25, 0.3) is 4.13 Å². The molecule has 0 radical (unpaired) electrons. The average molecular weight is 494 g/mol. The Balaban J connectivity index is 0.000000807. The molecule has 0 spiro atoms. The normalized spacial score (nSPS) is 19.3. The standard InChI is InChI=1S/C7H16N.C4F10NO4S2/c1-8(2)6-4-3-5-7-8;5-1(6,7)3(11,12)20(16,17)15-21(18,19)4(13,14)2(8,9)10/h3-7H2,1-2H3;/q+1;-1. The van der Waals surface area contributed by atoms with Crippen molar-refractivity contribution < 1.29 is 65.2 Å². The minimum absolute atomic E-state index is 0.422. The Morgan fingerprint density at radius 2 is 0.897 bits per heavy atom. The third kappa shape index (κ3) is 6.55. The second-order valence-corrected chi connectivity index (χ2v) is 10.0. The van der Waals surface area contributed by atoms with E-state index in [1.807, 2.05) is 0 Å². The van der Waals surface area contributed by atoms with Crippen molar-refractivity contribution in [2.45, 2.75) is 42.1 Å². The van der Waals surface area contributed by atoms with Crippen LogP contribution in [0.5, 0.6) is 0 Å². The molecule has 0 saturated carbocycles. The van der Waals surface area contributed by atoms with Gasteiger partial charge >= 0.3 is 22.9 Å². The van der Waals surface area contributed by atoms with Crippen molar-refractivity contribution in [3.05, 3.63) is 4.13 Å². The van der Waals surface area contributed by atoms with Gasteiger partial charge in [0.25, 0.3) is 0 Å². The summed E-state index contributed by atoms with van der Waals surface area (Å²) in [6, 6.07) is 0. The molecular formula is C11H16F10N2O4S2. The first-order valence-electron chi connectivity index (χ1n) is 7.36. The lowest BCUT2D eigenvalue weighted by molar-refractivity contribution is -0.894. The van der Waals surface area contributed by atoms with Crippen LogP contribution in [-0.4, -0.2) is 71.4 Å². The number of sulfonamides is 2. The van der Waals surface area contributed by atoms with Gasteiger partial charge in [-0.05, 0) is 19.3 Å². The molecule has 0 atom stereocenters. The number of hydrogen-bond acceptors (Lipinski definition) is 4. The third-order valence-electron chi connectivity index (χ3n) is 3.53. The van der Waals surface area contributed by atoms with Gasteiger partial charge in [0.05, 0.1) is 27.2 Å². The summed E-state index contributed by atoms with van der Waals surface area (Å²) in [4.78, 5) is 0. The Bertz CT molecular complexity index is 710. The summed E-state index contributed by atoms with van der Waals surface area (Å²) >= 11 is 0. The van der Waals surface area contributed by atoms with E-state index in [1.165, 1.54) is 36.8 Å². The molecule has 18 heteroatoms. The number of hydrogen-bond donors (Lipinski definition) is 0. The summed E-state index contributed by atoms with van der Waals surface area (Å²) in [6.45, 7) is 2.78. The molecule has 0 aliphatic carbocycles. The zero-order chi connectivity index (χ0) is 23.7. The molecule has 0 aromatic heterocycles. The molecule has 0 amide bonds. The summed E-state index contributed by atoms with van der Waals surface area (Å²) in [5.41, 5.74) is 0. The summed E-state index contributed by atoms with van der Waals surface area (Å²) in [7, 11) is -10.6. The number of likely N-dealkylation sites (tertiary alicyclic amines) is 1. The number of alkyl halides is 10. The molecule has 1 saturated heterocycles. The highest BCUT2D eigenvalue weighted by atomic mass is 32.3. The molecule has 1 aliphatic rings. The molecule has 29 heavy (non-hydrogen) atoms. The van der Waals surface area contributed by atoms with Crippen LogP contribution in [0.4, 0.5) is 43.9 Å². The van der Waals surface area contributed by atoms with Gasteiger partial charge in [0, 0.05) is 0 Å². The summed E-state index contributed by atoms with van der Waals surface area (Å²) in [6.07, 6.45) is -9.67. The molecule has 1 rings (SSSR count). The summed E-state index contributed by atoms with van der Waals surface area (Å²) in [5.74, 6) is 0. The van der Waals surface area contributed by atoms with Crippen molar-refractivity contribution in [2.24, 2.45) is 0 Å². The molecular weight excluding hydrogens is 478 g/mol. The Morgan fingerprint density at radius 3 is 1.07 bits per heavy atom. The zero-order valence-electron chi connectivity index (χ0n) is 14.7. The van der Waals surface area contributed by atoms with Gasteiger partial charge in [-0.15, -0.1) is 0 Å². The van der Waals surface area contributed by atoms with Crippen LogP contribution >= 0.6 is 0 Å². The lowest BCUT2D eigenvalue weighted by atomic mass is 10.1. The minimum Gasteiger partial charge on any atom is -0.425 e. The number of quaternary nitrogens is 1. The third-order valence-corrected chi connectivity index (χ3v) is 6.86. The summed E-state index contributed by atoms with van der Waals surface area (Å²) in [5, 5.41) is -14.0. The van der Waals surface area contributed by atoms with Gasteiger partial charge in [-0.2, -0.15) is 43.9 Å². The molecule has 0 aromatic rings. The van der Waals surface area contributed by atoms with Crippen molar-refractivity contribution in [2.75, 3.05) is 27.2 Å². The molecule has 0 unspecified atom stereocenters. The van der Waals surface area contributed by atoms with Gasteiger partial charge in [0.15, 0.2) is 20.0 Å². The predicted octanol–water partition coefficient (Wildman–Crippen LogP) is 3.58. The van der Waals surface area contributed by atoms with E-state index in [9.17, 15) is 60.7 Å². The van der Waals surface area contributed by atoms with Crippen LogP contribution in [0, 0.1) is 0 Å². The number of rotatable bonds is 4. The molecule has 0 bridgehead atoms. The Hall–Kier alpha value is -0.880. The smallest absolute Gasteiger partial charge is 0.425 e. The van der Waals surface area contributed by atoms with E-state index in [0.717, 1.165) is 0 Å². The first-order chi connectivity index (χ1) is 12.4. The zero-order valence-corrected chi connectivity index (χ0v) is 16.3. The van der Waals surface area contributed by atoms with E-state index in [0.29, 0.717) is 4.13 Å². The second kappa shape index (κ2) is 8.33. The van der Waals surface area contributed by atoms with E-state index >= 15 is 0 Å². The van der Waals surface area contributed by atoms with Gasteiger partial charge in [0.2, 0.25) is 0 Å². The lowest BCUT2D eigenvalue weighted by Gasteiger charge is -2.33. The van der Waals surface area contributed by atoms with E-state index in [4.69, 9.17) is 0 Å². The van der Waals surface area contributed by atoms with E-state index in [-0.39, 0.29) is 0 Å². The Labute approximate surface area is 159 Å². The fourth-order valence-corrected chi connectivity index (χ4v) is 4.25. The Morgan fingerprint density at radius 1 is 0.621 bits per heavy atom. The Kier molecular flexibility index (Phi) is 8.08. The predicted molar refractivity (Wildman–Crippen MR) is 78.9 cm³/mol. The van der Waals surface area contributed by atoms with E-state index in [1.54, 1.807) is 0 Å². The van der Waals surface area contributed by atoms with Gasteiger partial charge in [-0.25, -0.2) is 16.8 Å². The largest absolute Gasteiger partial charge is 0.467 e. The first-order valence-corrected chi connectivity index (χ1v) is 10.2. The van der Waals surface area contributed by atoms with Crippen LogP contribution in [-0.2, 0) is 20.0 Å². The molecule has 0 aromatic carbocycles. The fourth-order valence-electron chi connectivity index (χ4n) is 1.88. The second-order valence-electron chi connectivity index (χ2n) is 6.50. The van der Waals surface area contributed by atoms with Crippen molar-refractivity contribution in [1.82, 2.24) is 0 Å². The van der Waals surface area contributed by atoms with Crippen molar-refractivity contribution in [1.29, 1.82) is 0 Å². The maximum atomic E-state index is 12.3. The maximum absolute atomic E-state index is 12.3. The molecule has 1 aliphatic heterocycles. The highest BCUT2D eigenvalue weighted by molar-refractivity contribution is 8.13. The SMILES string of the molecule is C[N+]1(C)CCCCC1.O=S(=O)([N-]S(=O)(=O)C(F)(F)C(F)(F)F)C(F)(F)C(F)(F)F. The maximum Gasteiger partial charge on any atom is 0.467 e. The quantitative estimate of drug-likeness (QED) is 0.442. The van der Waals surface area contributed by atoms with Crippen molar-refractivity contribution in [3.63, 3.8) is 0 Å². The van der Waals surface area contributed by atoms with Crippen molar-refractivity contribution >= 4 is 20.0 Å². The van der Waals surface area contributed by atoms with Gasteiger partial charge < -0.3 is 8.61 Å². The first kappa shape index (κ1) is 28.1. The minimum atomic E-state index is -7.62. The van der Waals surface area contributed by atoms with Crippen LogP contribution in [0.3, 0.4) is 0 Å². The van der Waals surface area contributed by atoms with E-state index < -0.39 is 42.9 Å². The average Bonchev–Trinajstić information content (AvgIpc) is 2.43.